The number of amides is 1. The number of alkyl halides is 4. The highest BCUT2D eigenvalue weighted by Crippen LogP contribution is 2.39. The molecule has 0 N–H and O–H groups in total. The van der Waals surface area contributed by atoms with Gasteiger partial charge in [0, 0.05) is 19.2 Å². The summed E-state index contributed by atoms with van der Waals surface area (Å²) in [5.74, 6) is -0.392. The van der Waals surface area contributed by atoms with E-state index in [0.717, 1.165) is 12.1 Å². The Labute approximate surface area is 151 Å². The number of nitrogens with zero attached hydrogens (tertiary/aromatic N) is 4. The number of hydrogen-bond acceptors (Lipinski definition) is 3. The molecule has 1 amide bonds. The van der Waals surface area contributed by atoms with E-state index in [9.17, 15) is 18.0 Å². The number of hydrogen-bond donors (Lipinski definition) is 0. The first-order valence-corrected chi connectivity index (χ1v) is 8.22. The minimum Gasteiger partial charge on any atom is -0.335 e. The Morgan fingerprint density at radius 1 is 1.19 bits per heavy atom. The van der Waals surface area contributed by atoms with Gasteiger partial charge in [-0.15, -0.1) is 10.2 Å². The van der Waals surface area contributed by atoms with Crippen LogP contribution in [0.5, 0.6) is 0 Å². The highest BCUT2D eigenvalue weighted by atomic mass is 19.4. The molecule has 1 aliphatic rings. The quantitative estimate of drug-likeness (QED) is 0.642. The number of pyridine rings is 1. The molecule has 1 unspecified atom stereocenters. The van der Waals surface area contributed by atoms with Crippen LogP contribution in [0.1, 0.15) is 27.9 Å². The molecule has 0 spiro atoms. The molecule has 3 heterocycles. The van der Waals surface area contributed by atoms with E-state index in [1.54, 1.807) is 22.7 Å². The molecule has 1 aliphatic heterocycles. The van der Waals surface area contributed by atoms with E-state index in [2.05, 4.69) is 10.2 Å². The van der Waals surface area contributed by atoms with Gasteiger partial charge < -0.3 is 4.90 Å². The van der Waals surface area contributed by atoms with Gasteiger partial charge in [-0.25, -0.2) is 4.39 Å². The highest BCUT2D eigenvalue weighted by Gasteiger charge is 2.43. The molecular weight excluding hydrogens is 364 g/mol. The fourth-order valence-electron chi connectivity index (χ4n) is 3.29. The molecule has 27 heavy (non-hydrogen) atoms. The van der Waals surface area contributed by atoms with Crippen LogP contribution in [0.25, 0.3) is 5.65 Å². The van der Waals surface area contributed by atoms with Crippen LogP contribution in [0.15, 0.2) is 48.9 Å². The van der Waals surface area contributed by atoms with Crippen molar-refractivity contribution in [2.75, 3.05) is 13.1 Å². The Morgan fingerprint density at radius 2 is 2.00 bits per heavy atom. The van der Waals surface area contributed by atoms with Gasteiger partial charge in [0.2, 0.25) is 0 Å². The molecule has 1 fully saturated rings. The number of halogens is 4. The van der Waals surface area contributed by atoms with Crippen molar-refractivity contribution in [3.63, 3.8) is 0 Å². The van der Waals surface area contributed by atoms with Crippen LogP contribution in [0, 0.1) is 0 Å². The first-order chi connectivity index (χ1) is 12.8. The monoisotopic (exact) mass is 378 g/mol. The maximum Gasteiger partial charge on any atom is 0.416 e. The summed E-state index contributed by atoms with van der Waals surface area (Å²) in [7, 11) is 0. The van der Waals surface area contributed by atoms with Crippen molar-refractivity contribution in [3.8, 4) is 0 Å². The van der Waals surface area contributed by atoms with Crippen molar-refractivity contribution in [1.82, 2.24) is 19.5 Å². The van der Waals surface area contributed by atoms with Crippen molar-refractivity contribution >= 4 is 11.6 Å². The second-order valence-electron chi connectivity index (χ2n) is 6.53. The summed E-state index contributed by atoms with van der Waals surface area (Å²) in [6.07, 6.45) is -1.62. The highest BCUT2D eigenvalue weighted by molar-refractivity contribution is 5.94. The van der Waals surface area contributed by atoms with Crippen molar-refractivity contribution in [2.24, 2.45) is 0 Å². The van der Waals surface area contributed by atoms with Crippen LogP contribution in [-0.4, -0.2) is 38.5 Å². The zero-order valence-electron chi connectivity index (χ0n) is 13.9. The van der Waals surface area contributed by atoms with E-state index in [4.69, 9.17) is 0 Å². The summed E-state index contributed by atoms with van der Waals surface area (Å²) in [5.41, 5.74) is -2.09. The van der Waals surface area contributed by atoms with Crippen molar-refractivity contribution in [3.05, 3.63) is 65.6 Å². The van der Waals surface area contributed by atoms with Gasteiger partial charge in [-0.2, -0.15) is 13.2 Å². The van der Waals surface area contributed by atoms with Gasteiger partial charge >= 0.3 is 6.18 Å². The third-order valence-electron chi connectivity index (χ3n) is 4.75. The molecule has 140 valence electrons. The number of aromatic nitrogens is 3. The van der Waals surface area contributed by atoms with Gasteiger partial charge in [-0.1, -0.05) is 12.1 Å². The van der Waals surface area contributed by atoms with Crippen LogP contribution in [0.3, 0.4) is 0 Å². The molecule has 0 radical (unpaired) electrons. The van der Waals surface area contributed by atoms with E-state index in [0.29, 0.717) is 11.2 Å². The zero-order valence-corrected chi connectivity index (χ0v) is 13.9. The molecular formula is C18H14F4N4O. The Kier molecular flexibility index (Phi) is 3.90. The third kappa shape index (κ3) is 3.13. The molecule has 1 atom stereocenters. The maximum absolute atomic E-state index is 15.4. The largest absolute Gasteiger partial charge is 0.416 e. The van der Waals surface area contributed by atoms with E-state index >= 15 is 4.39 Å². The van der Waals surface area contributed by atoms with E-state index in [1.807, 2.05) is 0 Å². The lowest BCUT2D eigenvalue weighted by Gasteiger charge is -2.22. The number of fused-ring (bicyclic) bond motifs is 1. The Morgan fingerprint density at radius 3 is 2.78 bits per heavy atom. The van der Waals surface area contributed by atoms with E-state index in [-0.39, 0.29) is 25.1 Å². The molecule has 9 heteroatoms. The maximum atomic E-state index is 15.4. The predicted octanol–water partition coefficient (Wildman–Crippen LogP) is 3.46. The van der Waals surface area contributed by atoms with Gasteiger partial charge in [0.25, 0.3) is 5.91 Å². The molecule has 3 aromatic rings. The van der Waals surface area contributed by atoms with Gasteiger partial charge in [-0.05, 0) is 29.8 Å². The minimum atomic E-state index is -4.55. The van der Waals surface area contributed by atoms with Crippen LogP contribution in [0.2, 0.25) is 0 Å². The molecule has 0 aliphatic carbocycles. The summed E-state index contributed by atoms with van der Waals surface area (Å²) in [6, 6.07) is 7.41. The van der Waals surface area contributed by atoms with Crippen molar-refractivity contribution in [2.45, 2.75) is 18.3 Å². The van der Waals surface area contributed by atoms with E-state index < -0.39 is 23.3 Å². The smallest absolute Gasteiger partial charge is 0.335 e. The lowest BCUT2D eigenvalue weighted by atomic mass is 9.93. The zero-order chi connectivity index (χ0) is 19.2. The summed E-state index contributed by atoms with van der Waals surface area (Å²) in [4.78, 5) is 14.0. The fourth-order valence-corrected chi connectivity index (χ4v) is 3.29. The van der Waals surface area contributed by atoms with Crippen molar-refractivity contribution < 1.29 is 22.4 Å². The Bertz CT molecular complexity index is 1020. The number of rotatable bonds is 2. The Balaban J connectivity index is 1.57. The van der Waals surface area contributed by atoms with Gasteiger partial charge in [0.05, 0.1) is 17.7 Å². The SMILES string of the molecule is O=C(c1ccc2nncn2c1)N1CCC(F)(c2cccc(C(F)(F)F)c2)C1. The minimum absolute atomic E-state index is 0.0606. The molecule has 0 saturated carbocycles. The average Bonchev–Trinajstić information content (AvgIpc) is 3.27. The average molecular weight is 378 g/mol. The molecule has 5 nitrogen and oxygen atoms in total. The Hall–Kier alpha value is -2.97. The summed E-state index contributed by atoms with van der Waals surface area (Å²) >= 11 is 0. The normalized spacial score (nSPS) is 20.4. The first-order valence-electron chi connectivity index (χ1n) is 8.22. The lowest BCUT2D eigenvalue weighted by Crippen LogP contribution is -2.32. The van der Waals surface area contributed by atoms with Gasteiger partial charge in [-0.3, -0.25) is 9.20 Å². The molecule has 2 aromatic heterocycles. The second kappa shape index (κ2) is 6.04. The number of carbonyl (C=O) groups excluding carboxylic acids is 1. The fraction of sp³-hybridized carbons (Fsp3) is 0.278. The first kappa shape index (κ1) is 17.4. The molecule has 0 bridgehead atoms. The van der Waals surface area contributed by atoms with Crippen LogP contribution in [0.4, 0.5) is 17.6 Å². The number of carbonyl (C=O) groups is 1. The van der Waals surface area contributed by atoms with Gasteiger partial charge in [0.15, 0.2) is 11.3 Å². The predicted molar refractivity (Wildman–Crippen MR) is 87.7 cm³/mol. The van der Waals surface area contributed by atoms with Crippen LogP contribution < -0.4 is 0 Å². The summed E-state index contributed by atoms with van der Waals surface area (Å²) in [6.45, 7) is -0.181. The summed E-state index contributed by atoms with van der Waals surface area (Å²) in [5, 5.41) is 7.57. The van der Waals surface area contributed by atoms with E-state index in [1.165, 1.54) is 23.4 Å². The summed E-state index contributed by atoms with van der Waals surface area (Å²) < 4.78 is 55.6. The van der Waals surface area contributed by atoms with Gasteiger partial charge in [0.1, 0.15) is 6.33 Å². The van der Waals surface area contributed by atoms with Crippen LogP contribution in [-0.2, 0) is 11.8 Å². The molecule has 1 saturated heterocycles. The topological polar surface area (TPSA) is 50.5 Å². The molecule has 4 rings (SSSR count). The standard InChI is InChI=1S/C18H14F4N4O/c19-17(13-2-1-3-14(8-13)18(20,21)22)6-7-25(10-17)16(27)12-4-5-15-24-23-11-26(15)9-12/h1-5,8-9,11H,6-7,10H2. The third-order valence-corrected chi connectivity index (χ3v) is 4.75. The lowest BCUT2D eigenvalue weighted by molar-refractivity contribution is -0.137. The number of benzene rings is 1. The van der Waals surface area contributed by atoms with Crippen molar-refractivity contribution in [1.29, 1.82) is 0 Å². The van der Waals surface area contributed by atoms with Crippen LogP contribution >= 0.6 is 0 Å². The molecule has 1 aromatic carbocycles. The number of likely N-dealkylation sites (tertiary alicyclic amines) is 1. The second-order valence-corrected chi connectivity index (χ2v) is 6.53.